The van der Waals surface area contributed by atoms with Crippen LogP contribution in [0.3, 0.4) is 0 Å². The van der Waals surface area contributed by atoms with Crippen LogP contribution in [0.1, 0.15) is 44.6 Å². The van der Waals surface area contributed by atoms with Crippen molar-refractivity contribution in [3.63, 3.8) is 0 Å². The largest absolute Gasteiger partial charge is 0.546 e. The molecule has 0 heterocycles. The number of aliphatic hydroxyl groups is 1. The van der Waals surface area contributed by atoms with Crippen LogP contribution in [0.5, 0.6) is 0 Å². The van der Waals surface area contributed by atoms with Gasteiger partial charge in [-0.2, -0.15) is 0 Å². The van der Waals surface area contributed by atoms with Gasteiger partial charge in [0.15, 0.2) is 6.61 Å². The standard InChI is InChI=1S/C6H8O7.6CH4/c7-1-5(10)13-3-6(11)12-2-4(8)9;;;;;;/h7H,1-3H2,(H,8,9);6*1H4/p-1. The molecule has 0 spiro atoms. The number of ether oxygens (including phenoxy) is 2. The fraction of sp³-hybridized carbons (Fsp3) is 0.750. The van der Waals surface area contributed by atoms with Crippen molar-refractivity contribution in [1.82, 2.24) is 0 Å². The molecule has 0 amide bonds. The summed E-state index contributed by atoms with van der Waals surface area (Å²) in [5.41, 5.74) is 0. The first-order chi connectivity index (χ1) is 6.06. The van der Waals surface area contributed by atoms with Gasteiger partial charge in [-0.3, -0.25) is 0 Å². The molecule has 1 N–H and O–H groups in total. The van der Waals surface area contributed by atoms with Crippen LogP contribution in [0.2, 0.25) is 0 Å². The summed E-state index contributed by atoms with van der Waals surface area (Å²) < 4.78 is 8.15. The van der Waals surface area contributed by atoms with E-state index in [0.29, 0.717) is 0 Å². The van der Waals surface area contributed by atoms with E-state index in [0.717, 1.165) is 0 Å². The van der Waals surface area contributed by atoms with E-state index in [9.17, 15) is 19.5 Å². The SMILES string of the molecule is C.C.C.C.C.C.O=C([O-])COC(=O)COC(=O)CO. The second-order valence-corrected chi connectivity index (χ2v) is 1.85. The van der Waals surface area contributed by atoms with Gasteiger partial charge in [-0.15, -0.1) is 0 Å². The predicted molar refractivity (Wildman–Crippen MR) is 74.4 cm³/mol. The van der Waals surface area contributed by atoms with E-state index >= 15 is 0 Å². The van der Waals surface area contributed by atoms with E-state index in [4.69, 9.17) is 5.11 Å². The number of hydrogen-bond donors (Lipinski definition) is 1. The molecular formula is C12H31O7-. The van der Waals surface area contributed by atoms with Crippen LogP contribution in [0.25, 0.3) is 0 Å². The van der Waals surface area contributed by atoms with Crippen molar-refractivity contribution in [1.29, 1.82) is 0 Å². The van der Waals surface area contributed by atoms with Crippen molar-refractivity contribution < 1.29 is 34.1 Å². The second kappa shape index (κ2) is 25.3. The van der Waals surface area contributed by atoms with Gasteiger partial charge in [0.1, 0.15) is 13.2 Å². The van der Waals surface area contributed by atoms with Gasteiger partial charge in [0.2, 0.25) is 0 Å². The van der Waals surface area contributed by atoms with Crippen molar-refractivity contribution >= 4 is 17.9 Å². The zero-order valence-corrected chi connectivity index (χ0v) is 6.52. The lowest BCUT2D eigenvalue weighted by Gasteiger charge is -2.04. The molecule has 0 aromatic heterocycles. The number of carbonyl (C=O) groups is 3. The van der Waals surface area contributed by atoms with Gasteiger partial charge in [0.25, 0.3) is 0 Å². The summed E-state index contributed by atoms with van der Waals surface area (Å²) in [5, 5.41) is 17.9. The number of hydrogen-bond acceptors (Lipinski definition) is 7. The molecule has 0 aromatic carbocycles. The Hall–Kier alpha value is -1.63. The van der Waals surface area contributed by atoms with Crippen LogP contribution in [-0.4, -0.2) is 42.8 Å². The number of carboxylic acid groups (broad SMARTS) is 1. The molecule has 0 aliphatic rings. The molecule has 0 aliphatic heterocycles. The maximum atomic E-state index is 10.5. The zero-order chi connectivity index (χ0) is 10.3. The Morgan fingerprint density at radius 1 is 0.789 bits per heavy atom. The molecule has 122 valence electrons. The summed E-state index contributed by atoms with van der Waals surface area (Å²) in [5.74, 6) is -3.57. The fourth-order valence-corrected chi connectivity index (χ4v) is 0.366. The van der Waals surface area contributed by atoms with Crippen LogP contribution >= 0.6 is 0 Å². The van der Waals surface area contributed by atoms with Crippen LogP contribution in [-0.2, 0) is 23.9 Å². The Kier molecular flexibility index (Phi) is 57.6. The van der Waals surface area contributed by atoms with E-state index in [1.165, 1.54) is 0 Å². The minimum Gasteiger partial charge on any atom is -0.546 e. The molecule has 0 radical (unpaired) electrons. The monoisotopic (exact) mass is 287 g/mol. The maximum absolute atomic E-state index is 10.5. The number of carbonyl (C=O) groups excluding carboxylic acids is 3. The van der Waals surface area contributed by atoms with Gasteiger partial charge in [-0.25, -0.2) is 9.59 Å². The van der Waals surface area contributed by atoms with Gasteiger partial charge in [-0.1, -0.05) is 44.6 Å². The van der Waals surface area contributed by atoms with Crippen molar-refractivity contribution in [3.8, 4) is 0 Å². The minimum atomic E-state index is -1.55. The Bertz CT molecular complexity index is 214. The first kappa shape index (κ1) is 43.3. The summed E-state index contributed by atoms with van der Waals surface area (Å²) in [4.78, 5) is 30.5. The smallest absolute Gasteiger partial charge is 0.344 e. The van der Waals surface area contributed by atoms with E-state index < -0.39 is 37.7 Å². The molecule has 7 heteroatoms. The van der Waals surface area contributed by atoms with Gasteiger partial charge in [0, 0.05) is 0 Å². The lowest BCUT2D eigenvalue weighted by molar-refractivity contribution is -0.308. The predicted octanol–water partition coefficient (Wildman–Crippen LogP) is 0.632. The highest BCUT2D eigenvalue weighted by Gasteiger charge is 2.06. The molecule has 0 aliphatic carbocycles. The lowest BCUT2D eigenvalue weighted by atomic mass is 10.6. The van der Waals surface area contributed by atoms with E-state index in [1.807, 2.05) is 0 Å². The first-order valence-electron chi connectivity index (χ1n) is 3.18. The minimum absolute atomic E-state index is 0. The van der Waals surface area contributed by atoms with Crippen LogP contribution in [0.15, 0.2) is 0 Å². The molecule has 0 bridgehead atoms. The summed E-state index contributed by atoms with van der Waals surface area (Å²) in [7, 11) is 0. The van der Waals surface area contributed by atoms with E-state index in [-0.39, 0.29) is 44.6 Å². The normalized spacial score (nSPS) is 6.16. The molecule has 19 heavy (non-hydrogen) atoms. The van der Waals surface area contributed by atoms with Crippen LogP contribution < -0.4 is 5.11 Å². The van der Waals surface area contributed by atoms with Crippen molar-refractivity contribution in [2.75, 3.05) is 19.8 Å². The molecule has 7 nitrogen and oxygen atoms in total. The van der Waals surface area contributed by atoms with E-state index in [2.05, 4.69) is 9.47 Å². The van der Waals surface area contributed by atoms with Gasteiger partial charge in [-0.05, 0) is 0 Å². The van der Waals surface area contributed by atoms with Gasteiger partial charge < -0.3 is 24.5 Å². The second-order valence-electron chi connectivity index (χ2n) is 1.85. The zero-order valence-electron chi connectivity index (χ0n) is 6.52. The molecule has 0 rings (SSSR count). The average molecular weight is 287 g/mol. The highest BCUT2D eigenvalue weighted by molar-refractivity contribution is 5.78. The molecule has 0 saturated heterocycles. The van der Waals surface area contributed by atoms with Crippen LogP contribution in [0, 0.1) is 0 Å². The summed E-state index contributed by atoms with van der Waals surface area (Å²) >= 11 is 0. The van der Waals surface area contributed by atoms with Crippen LogP contribution in [0.4, 0.5) is 0 Å². The van der Waals surface area contributed by atoms with Gasteiger partial charge in [0.05, 0.1) is 5.97 Å². The third-order valence-electron chi connectivity index (χ3n) is 0.831. The third-order valence-corrected chi connectivity index (χ3v) is 0.831. The van der Waals surface area contributed by atoms with Crippen molar-refractivity contribution in [2.45, 2.75) is 44.6 Å². The number of aliphatic hydroxyl groups excluding tert-OH is 1. The number of carboxylic acids is 1. The Morgan fingerprint density at radius 2 is 1.16 bits per heavy atom. The molecule has 0 unspecified atom stereocenters. The summed E-state index contributed by atoms with van der Waals surface area (Å²) in [6.45, 7) is -2.48. The average Bonchev–Trinajstić information content (AvgIpc) is 2.10. The molecule has 0 aromatic rings. The third kappa shape index (κ3) is 31.4. The summed E-state index contributed by atoms with van der Waals surface area (Å²) in [6, 6.07) is 0. The Morgan fingerprint density at radius 3 is 1.47 bits per heavy atom. The van der Waals surface area contributed by atoms with Crippen molar-refractivity contribution in [2.24, 2.45) is 0 Å². The summed E-state index contributed by atoms with van der Waals surface area (Å²) in [6.07, 6.45) is 0. The number of aliphatic carboxylic acids is 1. The highest BCUT2D eigenvalue weighted by atomic mass is 16.6. The number of rotatable bonds is 5. The van der Waals surface area contributed by atoms with Gasteiger partial charge >= 0.3 is 11.9 Å². The number of esters is 2. The van der Waals surface area contributed by atoms with Crippen molar-refractivity contribution in [3.05, 3.63) is 0 Å². The highest BCUT2D eigenvalue weighted by Crippen LogP contribution is 1.82. The van der Waals surface area contributed by atoms with E-state index in [1.54, 1.807) is 0 Å². The Balaban J connectivity index is -0.0000000480. The quantitative estimate of drug-likeness (QED) is 0.738. The molecular weight excluding hydrogens is 256 g/mol. The maximum Gasteiger partial charge on any atom is 0.344 e. The fourth-order valence-electron chi connectivity index (χ4n) is 0.366. The topological polar surface area (TPSA) is 113 Å². The molecule has 0 fully saturated rings. The first-order valence-corrected chi connectivity index (χ1v) is 3.18. The molecule has 0 saturated carbocycles. The Labute approximate surface area is 117 Å². The lowest BCUT2D eigenvalue weighted by Crippen LogP contribution is -2.30. The molecule has 0 atom stereocenters.